The summed E-state index contributed by atoms with van der Waals surface area (Å²) in [5, 5.41) is 5.32. The van der Waals surface area contributed by atoms with Crippen LogP contribution < -0.4 is 5.32 Å². The normalized spacial score (nSPS) is 23.6. The number of rotatable bonds is 3. The van der Waals surface area contributed by atoms with Crippen molar-refractivity contribution in [2.75, 3.05) is 39.8 Å². The molecule has 2 aliphatic rings. The third-order valence-electron chi connectivity index (χ3n) is 4.82. The van der Waals surface area contributed by atoms with Gasteiger partial charge in [0.25, 0.3) is 5.91 Å². The molecule has 0 radical (unpaired) electrons. The van der Waals surface area contributed by atoms with Crippen molar-refractivity contribution in [2.24, 2.45) is 11.8 Å². The van der Waals surface area contributed by atoms with Crippen molar-refractivity contribution < 1.29 is 9.59 Å². The Kier molecular flexibility index (Phi) is 6.44. The van der Waals surface area contributed by atoms with Gasteiger partial charge in [-0.3, -0.25) is 9.59 Å². The fourth-order valence-electron chi connectivity index (χ4n) is 3.43. The van der Waals surface area contributed by atoms with Crippen LogP contribution >= 0.6 is 23.7 Å². The highest BCUT2D eigenvalue weighted by molar-refractivity contribution is 7.12. The zero-order valence-electron chi connectivity index (χ0n) is 13.4. The SMILES string of the molecule is CN(CC(=O)N1CC[C@@H]2CNC[C@@H]2CC1)C(=O)c1cccs1.Cl. The summed E-state index contributed by atoms with van der Waals surface area (Å²) >= 11 is 1.41. The van der Waals surface area contributed by atoms with E-state index in [1.54, 1.807) is 13.1 Å². The number of hydrogen-bond donors (Lipinski definition) is 1. The quantitative estimate of drug-likeness (QED) is 0.895. The fourth-order valence-corrected chi connectivity index (χ4v) is 4.15. The van der Waals surface area contributed by atoms with Crippen LogP contribution in [-0.4, -0.2) is 61.4 Å². The maximum atomic E-state index is 12.5. The predicted molar refractivity (Wildman–Crippen MR) is 94.2 cm³/mol. The summed E-state index contributed by atoms with van der Waals surface area (Å²) in [6.07, 6.45) is 2.15. The summed E-state index contributed by atoms with van der Waals surface area (Å²) in [6, 6.07) is 3.66. The van der Waals surface area contributed by atoms with Crippen molar-refractivity contribution in [3.8, 4) is 0 Å². The van der Waals surface area contributed by atoms with E-state index >= 15 is 0 Å². The number of nitrogens with zero attached hydrogens (tertiary/aromatic N) is 2. The highest BCUT2D eigenvalue weighted by atomic mass is 35.5. The van der Waals surface area contributed by atoms with E-state index in [1.165, 1.54) is 16.2 Å². The van der Waals surface area contributed by atoms with Crippen molar-refractivity contribution in [1.82, 2.24) is 15.1 Å². The topological polar surface area (TPSA) is 52.7 Å². The van der Waals surface area contributed by atoms with Gasteiger partial charge in [-0.15, -0.1) is 23.7 Å². The summed E-state index contributed by atoms with van der Waals surface area (Å²) in [5.41, 5.74) is 0. The van der Waals surface area contributed by atoms with Crippen LogP contribution in [0.4, 0.5) is 0 Å². The van der Waals surface area contributed by atoms with Gasteiger partial charge in [0.2, 0.25) is 5.91 Å². The number of thiophene rings is 1. The summed E-state index contributed by atoms with van der Waals surface area (Å²) in [4.78, 5) is 28.8. The summed E-state index contributed by atoms with van der Waals surface area (Å²) in [6.45, 7) is 3.99. The van der Waals surface area contributed by atoms with Gasteiger partial charge in [0.1, 0.15) is 0 Å². The number of carbonyl (C=O) groups excluding carboxylic acids is 2. The first-order valence-corrected chi connectivity index (χ1v) is 8.80. The highest BCUT2D eigenvalue weighted by Crippen LogP contribution is 2.27. The van der Waals surface area contributed by atoms with Crippen LogP contribution in [0, 0.1) is 11.8 Å². The number of likely N-dealkylation sites (tertiary alicyclic amines) is 1. The molecule has 0 spiro atoms. The van der Waals surface area contributed by atoms with Gasteiger partial charge in [-0.05, 0) is 49.2 Å². The van der Waals surface area contributed by atoms with Crippen molar-refractivity contribution in [3.05, 3.63) is 22.4 Å². The van der Waals surface area contributed by atoms with E-state index in [1.807, 2.05) is 16.3 Å². The molecule has 0 aliphatic carbocycles. The van der Waals surface area contributed by atoms with Gasteiger partial charge in [0, 0.05) is 20.1 Å². The molecular weight excluding hydrogens is 334 g/mol. The number of fused-ring (bicyclic) bond motifs is 1. The average Bonchev–Trinajstić information content (AvgIpc) is 3.15. The first-order valence-electron chi connectivity index (χ1n) is 7.92. The number of likely N-dealkylation sites (N-methyl/N-ethyl adjacent to an activating group) is 1. The van der Waals surface area contributed by atoms with E-state index in [0.29, 0.717) is 16.7 Å². The Morgan fingerprint density at radius 2 is 1.96 bits per heavy atom. The Bertz CT molecular complexity index is 523. The van der Waals surface area contributed by atoms with Crippen LogP contribution in [0.3, 0.4) is 0 Å². The molecule has 7 heteroatoms. The monoisotopic (exact) mass is 357 g/mol. The van der Waals surface area contributed by atoms with Crippen LogP contribution in [0.1, 0.15) is 22.5 Å². The van der Waals surface area contributed by atoms with Gasteiger partial charge >= 0.3 is 0 Å². The molecule has 0 aromatic carbocycles. The van der Waals surface area contributed by atoms with Gasteiger partial charge in [0.05, 0.1) is 11.4 Å². The van der Waals surface area contributed by atoms with E-state index < -0.39 is 0 Å². The van der Waals surface area contributed by atoms with Crippen molar-refractivity contribution in [2.45, 2.75) is 12.8 Å². The van der Waals surface area contributed by atoms with Crippen molar-refractivity contribution in [3.63, 3.8) is 0 Å². The lowest BCUT2D eigenvalue weighted by Gasteiger charge is -2.24. The molecule has 1 aromatic heterocycles. The maximum Gasteiger partial charge on any atom is 0.264 e. The molecule has 3 heterocycles. The molecule has 2 saturated heterocycles. The Morgan fingerprint density at radius 3 is 2.52 bits per heavy atom. The number of amides is 2. The fraction of sp³-hybridized carbons (Fsp3) is 0.625. The van der Waals surface area contributed by atoms with E-state index in [0.717, 1.165) is 39.0 Å². The molecule has 3 rings (SSSR count). The minimum atomic E-state index is -0.0701. The van der Waals surface area contributed by atoms with Gasteiger partial charge < -0.3 is 15.1 Å². The smallest absolute Gasteiger partial charge is 0.264 e. The number of carbonyl (C=O) groups is 2. The van der Waals surface area contributed by atoms with Gasteiger partial charge in [-0.1, -0.05) is 6.07 Å². The van der Waals surface area contributed by atoms with Crippen LogP contribution in [-0.2, 0) is 4.79 Å². The molecule has 1 N–H and O–H groups in total. The number of hydrogen-bond acceptors (Lipinski definition) is 4. The lowest BCUT2D eigenvalue weighted by atomic mass is 9.92. The van der Waals surface area contributed by atoms with Crippen LogP contribution in [0.5, 0.6) is 0 Å². The first-order chi connectivity index (χ1) is 10.6. The Hall–Kier alpha value is -1.11. The minimum absolute atomic E-state index is 0. The highest BCUT2D eigenvalue weighted by Gasteiger charge is 2.31. The molecule has 2 amide bonds. The van der Waals surface area contributed by atoms with Crippen LogP contribution in [0.25, 0.3) is 0 Å². The molecule has 2 fully saturated rings. The first kappa shape index (κ1) is 18.2. The van der Waals surface area contributed by atoms with E-state index in [-0.39, 0.29) is 30.8 Å². The molecule has 23 heavy (non-hydrogen) atoms. The minimum Gasteiger partial charge on any atom is -0.341 e. The lowest BCUT2D eigenvalue weighted by Crippen LogP contribution is -2.41. The zero-order valence-corrected chi connectivity index (χ0v) is 15.0. The van der Waals surface area contributed by atoms with Crippen molar-refractivity contribution in [1.29, 1.82) is 0 Å². The second-order valence-electron chi connectivity index (χ2n) is 6.28. The van der Waals surface area contributed by atoms with Gasteiger partial charge in [-0.25, -0.2) is 0 Å². The molecule has 0 unspecified atom stereocenters. The molecule has 0 saturated carbocycles. The summed E-state index contributed by atoms with van der Waals surface area (Å²) in [7, 11) is 1.70. The predicted octanol–water partition coefficient (Wildman–Crippen LogP) is 1.70. The molecular formula is C16H24ClN3O2S. The average molecular weight is 358 g/mol. The number of halogens is 1. The zero-order chi connectivity index (χ0) is 15.5. The third kappa shape index (κ3) is 4.25. The molecule has 2 atom stereocenters. The molecule has 128 valence electrons. The second-order valence-corrected chi connectivity index (χ2v) is 7.22. The standard InChI is InChI=1S/C16H23N3O2S.ClH/c1-18(16(21)14-3-2-8-22-14)11-15(20)19-6-4-12-9-17-10-13(12)5-7-19;/h2-3,8,12-13,17H,4-7,9-11H2,1H3;1H/t12-,13+;. The Balaban J connectivity index is 0.00000192. The lowest BCUT2D eigenvalue weighted by molar-refractivity contribution is -0.131. The molecule has 0 bridgehead atoms. The maximum absolute atomic E-state index is 12.5. The third-order valence-corrected chi connectivity index (χ3v) is 5.68. The molecule has 5 nitrogen and oxygen atoms in total. The Labute approximate surface area is 147 Å². The summed E-state index contributed by atoms with van der Waals surface area (Å²) in [5.74, 6) is 1.42. The van der Waals surface area contributed by atoms with E-state index in [4.69, 9.17) is 0 Å². The van der Waals surface area contributed by atoms with Crippen LogP contribution in [0.2, 0.25) is 0 Å². The largest absolute Gasteiger partial charge is 0.341 e. The van der Waals surface area contributed by atoms with Crippen LogP contribution in [0.15, 0.2) is 17.5 Å². The molecule has 2 aliphatic heterocycles. The van der Waals surface area contributed by atoms with E-state index in [9.17, 15) is 9.59 Å². The van der Waals surface area contributed by atoms with E-state index in [2.05, 4.69) is 5.32 Å². The molecule has 1 aromatic rings. The second kappa shape index (κ2) is 8.13. The van der Waals surface area contributed by atoms with Crippen molar-refractivity contribution >= 4 is 35.6 Å². The van der Waals surface area contributed by atoms with Gasteiger partial charge in [-0.2, -0.15) is 0 Å². The number of nitrogens with one attached hydrogen (secondary N) is 1. The summed E-state index contributed by atoms with van der Waals surface area (Å²) < 4.78 is 0. The van der Waals surface area contributed by atoms with Gasteiger partial charge in [0.15, 0.2) is 0 Å². The Morgan fingerprint density at radius 1 is 1.30 bits per heavy atom.